The van der Waals surface area contributed by atoms with E-state index in [0.29, 0.717) is 18.2 Å². The lowest BCUT2D eigenvalue weighted by Crippen LogP contribution is -2.53. The quantitative estimate of drug-likeness (QED) is 0.859. The van der Waals surface area contributed by atoms with Gasteiger partial charge in [-0.2, -0.15) is 5.10 Å². The van der Waals surface area contributed by atoms with Crippen LogP contribution in [0.25, 0.3) is 0 Å². The van der Waals surface area contributed by atoms with Crippen molar-refractivity contribution >= 4 is 18.3 Å². The van der Waals surface area contributed by atoms with E-state index in [2.05, 4.69) is 10.4 Å². The highest BCUT2D eigenvalue weighted by molar-refractivity contribution is 5.93. The highest BCUT2D eigenvalue weighted by atomic mass is 35.5. The van der Waals surface area contributed by atoms with Gasteiger partial charge in [0.05, 0.1) is 11.2 Å². The minimum atomic E-state index is -0.282. The maximum Gasteiger partial charge on any atom is 0.270 e. The summed E-state index contributed by atoms with van der Waals surface area (Å²) in [6.07, 6.45) is 2.30. The minimum Gasteiger partial charge on any atom is -0.344 e. The first kappa shape index (κ1) is 15.0. The van der Waals surface area contributed by atoms with Crippen LogP contribution < -0.4 is 11.1 Å². The number of amides is 1. The SMILES string of the molecule is Cc1cc(C(=O)NC(C)(CN)C2CC2)n(C)n1.Cl. The number of nitrogens with zero attached hydrogens (tertiary/aromatic N) is 2. The van der Waals surface area contributed by atoms with Gasteiger partial charge in [-0.3, -0.25) is 9.48 Å². The molecule has 1 heterocycles. The number of halogens is 1. The van der Waals surface area contributed by atoms with Crippen molar-refractivity contribution in [1.82, 2.24) is 15.1 Å². The van der Waals surface area contributed by atoms with E-state index in [9.17, 15) is 4.79 Å². The zero-order valence-electron chi connectivity index (χ0n) is 11.1. The summed E-state index contributed by atoms with van der Waals surface area (Å²) in [7, 11) is 1.78. The Kier molecular flexibility index (Phi) is 4.40. The first-order valence-electron chi connectivity index (χ1n) is 5.99. The summed E-state index contributed by atoms with van der Waals surface area (Å²) >= 11 is 0. The molecule has 0 bridgehead atoms. The molecule has 3 N–H and O–H groups in total. The smallest absolute Gasteiger partial charge is 0.270 e. The second kappa shape index (κ2) is 5.28. The predicted octanol–water partition coefficient (Wildman–Crippen LogP) is 1.01. The van der Waals surface area contributed by atoms with Gasteiger partial charge in [0.1, 0.15) is 5.69 Å². The van der Waals surface area contributed by atoms with Gasteiger partial charge in [-0.05, 0) is 38.7 Å². The lowest BCUT2D eigenvalue weighted by Gasteiger charge is -2.29. The summed E-state index contributed by atoms with van der Waals surface area (Å²) < 4.78 is 1.61. The molecule has 1 amide bonds. The van der Waals surface area contributed by atoms with E-state index in [1.165, 1.54) is 0 Å². The zero-order valence-corrected chi connectivity index (χ0v) is 11.9. The monoisotopic (exact) mass is 272 g/mol. The van der Waals surface area contributed by atoms with Crippen molar-refractivity contribution < 1.29 is 4.79 Å². The Hall–Kier alpha value is -1.07. The number of rotatable bonds is 4. The van der Waals surface area contributed by atoms with E-state index < -0.39 is 0 Å². The lowest BCUT2D eigenvalue weighted by atomic mass is 9.96. The van der Waals surface area contributed by atoms with Gasteiger partial charge >= 0.3 is 0 Å². The number of carbonyl (C=O) groups is 1. The van der Waals surface area contributed by atoms with E-state index in [1.807, 2.05) is 13.8 Å². The summed E-state index contributed by atoms with van der Waals surface area (Å²) in [6.45, 7) is 4.37. The molecule has 102 valence electrons. The lowest BCUT2D eigenvalue weighted by molar-refractivity contribution is 0.0888. The Morgan fingerprint density at radius 2 is 2.28 bits per heavy atom. The van der Waals surface area contributed by atoms with Crippen LogP contribution in [-0.2, 0) is 7.05 Å². The second-order valence-electron chi connectivity index (χ2n) is 5.14. The standard InChI is InChI=1S/C12H20N4O.ClH/c1-8-6-10(16(3)15-8)11(17)14-12(2,7-13)9-4-5-9;/h6,9H,4-5,7,13H2,1-3H3,(H,14,17);1H. The molecule has 1 atom stereocenters. The van der Waals surface area contributed by atoms with Gasteiger partial charge in [-0.25, -0.2) is 0 Å². The minimum absolute atomic E-state index is 0. The van der Waals surface area contributed by atoms with Crippen molar-refractivity contribution in [2.24, 2.45) is 18.7 Å². The molecule has 1 unspecified atom stereocenters. The molecule has 5 nitrogen and oxygen atoms in total. The maximum atomic E-state index is 12.2. The third kappa shape index (κ3) is 2.84. The molecule has 0 spiro atoms. The maximum absolute atomic E-state index is 12.2. The number of hydrogen-bond acceptors (Lipinski definition) is 3. The van der Waals surface area contributed by atoms with Crippen molar-refractivity contribution in [3.05, 3.63) is 17.5 Å². The van der Waals surface area contributed by atoms with Gasteiger partial charge < -0.3 is 11.1 Å². The number of nitrogens with two attached hydrogens (primary N) is 1. The molecule has 1 aliphatic rings. The van der Waals surface area contributed by atoms with E-state index >= 15 is 0 Å². The van der Waals surface area contributed by atoms with Crippen LogP contribution >= 0.6 is 12.4 Å². The first-order chi connectivity index (χ1) is 7.96. The summed E-state index contributed by atoms with van der Waals surface area (Å²) in [5, 5.41) is 7.22. The largest absolute Gasteiger partial charge is 0.344 e. The molecule has 1 aromatic rings. The number of aromatic nitrogens is 2. The van der Waals surface area contributed by atoms with Crippen molar-refractivity contribution in [2.45, 2.75) is 32.2 Å². The summed E-state index contributed by atoms with van der Waals surface area (Å²) in [4.78, 5) is 12.2. The number of nitrogens with one attached hydrogen (secondary N) is 1. The molecule has 1 aliphatic carbocycles. The molecule has 18 heavy (non-hydrogen) atoms. The number of aryl methyl sites for hydroxylation is 2. The molecule has 0 aromatic carbocycles. The van der Waals surface area contributed by atoms with E-state index in [1.54, 1.807) is 17.8 Å². The Labute approximate surface area is 114 Å². The van der Waals surface area contributed by atoms with Gasteiger partial charge in [0.25, 0.3) is 5.91 Å². The van der Waals surface area contributed by atoms with E-state index in [4.69, 9.17) is 5.73 Å². The van der Waals surface area contributed by atoms with Gasteiger partial charge in [-0.1, -0.05) is 0 Å². The molecule has 2 rings (SSSR count). The zero-order chi connectivity index (χ0) is 12.6. The molecule has 0 aliphatic heterocycles. The van der Waals surface area contributed by atoms with Crippen molar-refractivity contribution in [3.63, 3.8) is 0 Å². The van der Waals surface area contributed by atoms with Crippen LogP contribution in [0.1, 0.15) is 35.9 Å². The summed E-state index contributed by atoms with van der Waals surface area (Å²) in [5.74, 6) is 0.429. The molecule has 6 heteroatoms. The Morgan fingerprint density at radius 3 is 2.67 bits per heavy atom. The fraction of sp³-hybridized carbons (Fsp3) is 0.667. The first-order valence-corrected chi connectivity index (χ1v) is 5.99. The molecular weight excluding hydrogens is 252 g/mol. The van der Waals surface area contributed by atoms with Crippen LogP contribution in [0, 0.1) is 12.8 Å². The van der Waals surface area contributed by atoms with Gasteiger partial charge in [0.15, 0.2) is 0 Å². The predicted molar refractivity (Wildman–Crippen MR) is 72.8 cm³/mol. The summed E-state index contributed by atoms with van der Waals surface area (Å²) in [5.41, 5.74) is 6.93. The molecule has 0 radical (unpaired) electrons. The normalized spacial score (nSPS) is 17.8. The van der Waals surface area contributed by atoms with Crippen LogP contribution in [0.5, 0.6) is 0 Å². The molecule has 0 saturated heterocycles. The second-order valence-corrected chi connectivity index (χ2v) is 5.14. The van der Waals surface area contributed by atoms with E-state index in [-0.39, 0.29) is 23.9 Å². The fourth-order valence-corrected chi connectivity index (χ4v) is 2.19. The third-order valence-corrected chi connectivity index (χ3v) is 3.54. The Morgan fingerprint density at radius 1 is 1.67 bits per heavy atom. The molecular formula is C12H21ClN4O. The van der Waals surface area contributed by atoms with Crippen LogP contribution in [0.4, 0.5) is 0 Å². The summed E-state index contributed by atoms with van der Waals surface area (Å²) in [6, 6.07) is 1.79. The van der Waals surface area contributed by atoms with Gasteiger partial charge in [0.2, 0.25) is 0 Å². The highest BCUT2D eigenvalue weighted by Crippen LogP contribution is 2.39. The highest BCUT2D eigenvalue weighted by Gasteiger charge is 2.41. The molecule has 1 fully saturated rings. The van der Waals surface area contributed by atoms with Crippen molar-refractivity contribution in [1.29, 1.82) is 0 Å². The third-order valence-electron chi connectivity index (χ3n) is 3.54. The fourth-order valence-electron chi connectivity index (χ4n) is 2.19. The van der Waals surface area contributed by atoms with Crippen LogP contribution in [0.2, 0.25) is 0 Å². The van der Waals surface area contributed by atoms with Crippen molar-refractivity contribution in [3.8, 4) is 0 Å². The molecule has 1 aromatic heterocycles. The van der Waals surface area contributed by atoms with Crippen LogP contribution in [-0.4, -0.2) is 27.8 Å². The van der Waals surface area contributed by atoms with Crippen molar-refractivity contribution in [2.75, 3.05) is 6.54 Å². The van der Waals surface area contributed by atoms with Crippen LogP contribution in [0.3, 0.4) is 0 Å². The number of hydrogen-bond donors (Lipinski definition) is 2. The number of carbonyl (C=O) groups excluding carboxylic acids is 1. The Bertz CT molecular complexity index is 441. The topological polar surface area (TPSA) is 72.9 Å². The van der Waals surface area contributed by atoms with Gasteiger partial charge in [0, 0.05) is 13.6 Å². The Balaban J connectivity index is 0.00000162. The van der Waals surface area contributed by atoms with Crippen LogP contribution in [0.15, 0.2) is 6.07 Å². The van der Waals surface area contributed by atoms with Gasteiger partial charge in [-0.15, -0.1) is 12.4 Å². The molecule has 1 saturated carbocycles. The average Bonchev–Trinajstić information content (AvgIpc) is 3.05. The van der Waals surface area contributed by atoms with E-state index in [0.717, 1.165) is 18.5 Å². The average molecular weight is 273 g/mol.